The second kappa shape index (κ2) is 15.3. The van der Waals surface area contributed by atoms with Crippen molar-refractivity contribution in [3.8, 4) is 5.75 Å². The summed E-state index contributed by atoms with van der Waals surface area (Å²) in [5.74, 6) is 2.73. The number of thioether (sulfide) groups is 1. The number of rotatable bonds is 17. The van der Waals surface area contributed by atoms with E-state index in [1.54, 1.807) is 19.2 Å². The van der Waals surface area contributed by atoms with Crippen LogP contribution in [0.15, 0.2) is 53.4 Å². The number of methoxy groups -OCH3 is 1. The largest absolute Gasteiger partial charge is 0.497 e. The third kappa shape index (κ3) is 10.8. The number of aryl methyl sites for hydroxylation is 1. The lowest BCUT2D eigenvalue weighted by molar-refractivity contribution is 0.0121. The van der Waals surface area contributed by atoms with Gasteiger partial charge in [0.15, 0.2) is 0 Å². The number of benzene rings is 2. The second-order valence-electron chi connectivity index (χ2n) is 6.83. The molecular formula is C23H32O7S2. The average Bonchev–Trinajstić information content (AvgIpc) is 2.80. The van der Waals surface area contributed by atoms with Crippen LogP contribution in [-0.2, 0) is 34.3 Å². The van der Waals surface area contributed by atoms with E-state index in [0.717, 1.165) is 22.8 Å². The minimum atomic E-state index is -3.74. The molecule has 0 N–H and O–H groups in total. The fraction of sp³-hybridized carbons (Fsp3) is 0.478. The maximum absolute atomic E-state index is 12.0. The molecule has 0 bridgehead atoms. The Morgan fingerprint density at radius 1 is 0.750 bits per heavy atom. The maximum Gasteiger partial charge on any atom is 0.297 e. The smallest absolute Gasteiger partial charge is 0.297 e. The topological polar surface area (TPSA) is 80.3 Å². The van der Waals surface area contributed by atoms with Crippen molar-refractivity contribution in [3.05, 3.63) is 59.7 Å². The molecule has 7 nitrogen and oxygen atoms in total. The van der Waals surface area contributed by atoms with Crippen LogP contribution in [0.5, 0.6) is 5.75 Å². The van der Waals surface area contributed by atoms with E-state index in [1.165, 1.54) is 17.7 Å². The summed E-state index contributed by atoms with van der Waals surface area (Å²) in [5, 5.41) is 0. The van der Waals surface area contributed by atoms with E-state index >= 15 is 0 Å². The van der Waals surface area contributed by atoms with Crippen LogP contribution in [0, 0.1) is 6.92 Å². The molecule has 32 heavy (non-hydrogen) atoms. The molecule has 0 aliphatic heterocycles. The second-order valence-corrected chi connectivity index (χ2v) is 9.55. The van der Waals surface area contributed by atoms with Gasteiger partial charge in [0, 0.05) is 11.5 Å². The van der Waals surface area contributed by atoms with Crippen molar-refractivity contribution in [1.29, 1.82) is 0 Å². The highest BCUT2D eigenvalue weighted by atomic mass is 32.2. The molecule has 0 unspecified atom stereocenters. The van der Waals surface area contributed by atoms with Crippen LogP contribution in [0.3, 0.4) is 0 Å². The third-order valence-corrected chi connectivity index (χ3v) is 6.64. The Balaban J connectivity index is 1.37. The minimum Gasteiger partial charge on any atom is -0.497 e. The Kier molecular flexibility index (Phi) is 12.7. The molecule has 0 radical (unpaired) electrons. The van der Waals surface area contributed by atoms with Gasteiger partial charge in [0.1, 0.15) is 5.75 Å². The zero-order valence-electron chi connectivity index (χ0n) is 18.7. The molecule has 2 rings (SSSR count). The Hall–Kier alpha value is -1.62. The molecule has 0 spiro atoms. The van der Waals surface area contributed by atoms with E-state index < -0.39 is 10.1 Å². The van der Waals surface area contributed by atoms with E-state index in [1.807, 2.05) is 30.8 Å². The van der Waals surface area contributed by atoms with Gasteiger partial charge in [0.25, 0.3) is 10.1 Å². The van der Waals surface area contributed by atoms with Crippen molar-refractivity contribution < 1.29 is 31.5 Å². The highest BCUT2D eigenvalue weighted by Gasteiger charge is 2.14. The molecule has 2 aromatic rings. The van der Waals surface area contributed by atoms with Gasteiger partial charge in [-0.25, -0.2) is 0 Å². The van der Waals surface area contributed by atoms with Crippen LogP contribution in [0.25, 0.3) is 0 Å². The molecule has 0 aliphatic rings. The van der Waals surface area contributed by atoms with E-state index in [2.05, 4.69) is 12.1 Å². The van der Waals surface area contributed by atoms with E-state index in [-0.39, 0.29) is 18.1 Å². The summed E-state index contributed by atoms with van der Waals surface area (Å²) in [7, 11) is -2.08. The Morgan fingerprint density at radius 2 is 1.31 bits per heavy atom. The predicted molar refractivity (Wildman–Crippen MR) is 126 cm³/mol. The summed E-state index contributed by atoms with van der Waals surface area (Å²) in [4.78, 5) is 0.144. The molecule has 0 fully saturated rings. The van der Waals surface area contributed by atoms with Crippen molar-refractivity contribution in [2.75, 3.05) is 59.1 Å². The first kappa shape index (κ1) is 26.6. The number of hydrogen-bond acceptors (Lipinski definition) is 8. The van der Waals surface area contributed by atoms with Gasteiger partial charge in [0.05, 0.1) is 58.3 Å². The summed E-state index contributed by atoms with van der Waals surface area (Å²) in [6.45, 7) is 4.51. The lowest BCUT2D eigenvalue weighted by atomic mass is 10.2. The molecule has 0 aromatic heterocycles. The van der Waals surface area contributed by atoms with Crippen molar-refractivity contribution >= 4 is 21.9 Å². The van der Waals surface area contributed by atoms with Crippen LogP contribution >= 0.6 is 11.8 Å². The van der Waals surface area contributed by atoms with E-state index in [4.69, 9.17) is 23.1 Å². The number of hydrogen-bond donors (Lipinski definition) is 0. The van der Waals surface area contributed by atoms with Crippen LogP contribution in [0.4, 0.5) is 0 Å². The zero-order valence-corrected chi connectivity index (χ0v) is 20.3. The van der Waals surface area contributed by atoms with Crippen LogP contribution in [-0.4, -0.2) is 67.5 Å². The van der Waals surface area contributed by atoms with Crippen molar-refractivity contribution in [2.45, 2.75) is 17.6 Å². The van der Waals surface area contributed by atoms with E-state index in [9.17, 15) is 8.42 Å². The molecule has 0 aliphatic carbocycles. The summed E-state index contributed by atoms with van der Waals surface area (Å²) in [6.07, 6.45) is 0. The van der Waals surface area contributed by atoms with Gasteiger partial charge in [0.2, 0.25) is 0 Å². The molecular weight excluding hydrogens is 452 g/mol. The van der Waals surface area contributed by atoms with Gasteiger partial charge >= 0.3 is 0 Å². The Morgan fingerprint density at radius 3 is 1.91 bits per heavy atom. The highest BCUT2D eigenvalue weighted by Crippen LogP contribution is 2.16. The monoisotopic (exact) mass is 484 g/mol. The maximum atomic E-state index is 12.0. The fourth-order valence-electron chi connectivity index (χ4n) is 2.55. The lowest BCUT2D eigenvalue weighted by Gasteiger charge is -2.08. The summed E-state index contributed by atoms with van der Waals surface area (Å²) in [6, 6.07) is 14.6. The quantitative estimate of drug-likeness (QED) is 0.248. The highest BCUT2D eigenvalue weighted by molar-refractivity contribution is 7.98. The molecule has 178 valence electrons. The predicted octanol–water partition coefficient (Wildman–Crippen LogP) is 3.69. The van der Waals surface area contributed by atoms with Crippen molar-refractivity contribution in [3.63, 3.8) is 0 Å². The Bertz CT molecular complexity index is 853. The van der Waals surface area contributed by atoms with Gasteiger partial charge in [-0.15, -0.1) is 0 Å². The molecule has 9 heteroatoms. The summed E-state index contributed by atoms with van der Waals surface area (Å²) < 4.78 is 50.5. The van der Waals surface area contributed by atoms with Crippen LogP contribution in [0.2, 0.25) is 0 Å². The summed E-state index contributed by atoms with van der Waals surface area (Å²) in [5.41, 5.74) is 2.25. The molecule has 0 heterocycles. The standard InChI is InChI=1S/C23H32O7S2/c1-20-3-9-23(10-4-20)32(24,25)30-16-15-28-12-11-27-13-14-29-17-18-31-19-21-5-7-22(26-2)8-6-21/h3-10H,11-19H2,1-2H3. The molecule has 0 amide bonds. The molecule has 0 saturated carbocycles. The molecule has 2 aromatic carbocycles. The molecule has 0 atom stereocenters. The fourth-order valence-corrected chi connectivity index (χ4v) is 4.25. The number of ether oxygens (including phenoxy) is 4. The Labute approximate surface area is 195 Å². The van der Waals surface area contributed by atoms with Gasteiger partial charge in [-0.2, -0.15) is 20.2 Å². The first-order valence-corrected chi connectivity index (χ1v) is 13.0. The molecule has 0 saturated heterocycles. The normalized spacial score (nSPS) is 11.6. The SMILES string of the molecule is COc1ccc(CSCCOCCOCCOCCOS(=O)(=O)c2ccc(C)cc2)cc1. The third-order valence-electron chi connectivity index (χ3n) is 4.32. The first-order valence-electron chi connectivity index (χ1n) is 10.4. The van der Waals surface area contributed by atoms with Crippen LogP contribution in [0.1, 0.15) is 11.1 Å². The van der Waals surface area contributed by atoms with Crippen molar-refractivity contribution in [1.82, 2.24) is 0 Å². The van der Waals surface area contributed by atoms with Gasteiger partial charge < -0.3 is 18.9 Å². The van der Waals surface area contributed by atoms with Gasteiger partial charge in [-0.1, -0.05) is 29.8 Å². The lowest BCUT2D eigenvalue weighted by Crippen LogP contribution is -2.14. The van der Waals surface area contributed by atoms with Gasteiger partial charge in [-0.05, 0) is 36.8 Å². The van der Waals surface area contributed by atoms with E-state index in [0.29, 0.717) is 33.0 Å². The summed E-state index contributed by atoms with van der Waals surface area (Å²) >= 11 is 1.82. The average molecular weight is 485 g/mol. The zero-order chi connectivity index (χ0) is 23.1. The van der Waals surface area contributed by atoms with Crippen LogP contribution < -0.4 is 4.74 Å². The van der Waals surface area contributed by atoms with Crippen molar-refractivity contribution in [2.24, 2.45) is 0 Å². The first-order chi connectivity index (χ1) is 15.5. The minimum absolute atomic E-state index is 0.0342. The van der Waals surface area contributed by atoms with Gasteiger partial charge in [-0.3, -0.25) is 4.18 Å².